The van der Waals surface area contributed by atoms with Crippen molar-refractivity contribution in [1.82, 2.24) is 0 Å². The van der Waals surface area contributed by atoms with Gasteiger partial charge in [-0.3, -0.25) is 9.59 Å². The molecule has 4 nitrogen and oxygen atoms in total. The molecule has 25 heavy (non-hydrogen) atoms. The zero-order valence-corrected chi connectivity index (χ0v) is 16.0. The summed E-state index contributed by atoms with van der Waals surface area (Å²) in [7, 11) is 0. The molecule has 0 aromatic rings. The van der Waals surface area contributed by atoms with Gasteiger partial charge in [0.05, 0.1) is 5.92 Å². The van der Waals surface area contributed by atoms with Gasteiger partial charge in [0, 0.05) is 6.42 Å². The first-order chi connectivity index (χ1) is 12.0. The zero-order valence-electron chi connectivity index (χ0n) is 16.0. The number of hydrogen-bond acceptors (Lipinski definition) is 2. The normalized spacial score (nSPS) is 20.4. The summed E-state index contributed by atoms with van der Waals surface area (Å²) >= 11 is 0. The maximum absolute atomic E-state index is 11.5. The molecule has 3 unspecified atom stereocenters. The molecule has 0 saturated heterocycles. The van der Waals surface area contributed by atoms with Gasteiger partial charge < -0.3 is 10.2 Å². The summed E-state index contributed by atoms with van der Waals surface area (Å²) < 4.78 is 0. The van der Waals surface area contributed by atoms with Crippen LogP contribution in [0.2, 0.25) is 0 Å². The molecule has 1 saturated carbocycles. The first-order valence-corrected chi connectivity index (χ1v) is 10.5. The van der Waals surface area contributed by atoms with Gasteiger partial charge in [0.1, 0.15) is 0 Å². The largest absolute Gasteiger partial charge is 0.481 e. The molecule has 0 aromatic heterocycles. The van der Waals surface area contributed by atoms with Gasteiger partial charge in [0.15, 0.2) is 0 Å². The van der Waals surface area contributed by atoms with Crippen molar-refractivity contribution in [2.24, 2.45) is 17.8 Å². The van der Waals surface area contributed by atoms with Gasteiger partial charge >= 0.3 is 11.9 Å². The highest BCUT2D eigenvalue weighted by Crippen LogP contribution is 2.47. The Bertz CT molecular complexity index is 380. The Morgan fingerprint density at radius 3 is 2.04 bits per heavy atom. The molecule has 2 N–H and O–H groups in total. The van der Waals surface area contributed by atoms with Crippen LogP contribution in [-0.4, -0.2) is 22.2 Å². The third kappa shape index (κ3) is 11.2. The van der Waals surface area contributed by atoms with E-state index >= 15 is 0 Å². The Morgan fingerprint density at radius 1 is 0.880 bits per heavy atom. The molecule has 0 amide bonds. The molecule has 0 aliphatic heterocycles. The van der Waals surface area contributed by atoms with Crippen molar-refractivity contribution in [2.75, 3.05) is 0 Å². The molecular weight excluding hydrogens is 316 g/mol. The maximum atomic E-state index is 11.5. The Kier molecular flexibility index (Phi) is 11.6. The van der Waals surface area contributed by atoms with E-state index in [0.717, 1.165) is 44.9 Å². The SMILES string of the molecule is CCCCCCCCCCCC(CC1CC1CCCC(=O)O)C(=O)O. The Labute approximate surface area is 153 Å². The fraction of sp³-hybridized carbons (Fsp3) is 0.905. The highest BCUT2D eigenvalue weighted by Gasteiger charge is 2.39. The van der Waals surface area contributed by atoms with Crippen LogP contribution in [-0.2, 0) is 9.59 Å². The highest BCUT2D eigenvalue weighted by molar-refractivity contribution is 5.70. The zero-order chi connectivity index (χ0) is 18.5. The van der Waals surface area contributed by atoms with Crippen molar-refractivity contribution in [3.63, 3.8) is 0 Å². The second-order valence-electron chi connectivity index (χ2n) is 7.93. The lowest BCUT2D eigenvalue weighted by molar-refractivity contribution is -0.142. The van der Waals surface area contributed by atoms with Crippen LogP contribution in [0.25, 0.3) is 0 Å². The van der Waals surface area contributed by atoms with Crippen LogP contribution in [0.5, 0.6) is 0 Å². The van der Waals surface area contributed by atoms with Crippen molar-refractivity contribution < 1.29 is 19.8 Å². The van der Waals surface area contributed by atoms with Crippen LogP contribution in [0.4, 0.5) is 0 Å². The molecule has 0 heterocycles. The van der Waals surface area contributed by atoms with Gasteiger partial charge in [0.2, 0.25) is 0 Å². The smallest absolute Gasteiger partial charge is 0.306 e. The number of unbranched alkanes of at least 4 members (excludes halogenated alkanes) is 8. The fourth-order valence-electron chi connectivity index (χ4n) is 3.88. The lowest BCUT2D eigenvalue weighted by Crippen LogP contribution is -2.14. The van der Waals surface area contributed by atoms with E-state index in [1.165, 1.54) is 44.9 Å². The topological polar surface area (TPSA) is 74.6 Å². The van der Waals surface area contributed by atoms with Gasteiger partial charge in [-0.25, -0.2) is 0 Å². The predicted molar refractivity (Wildman–Crippen MR) is 101 cm³/mol. The minimum Gasteiger partial charge on any atom is -0.481 e. The maximum Gasteiger partial charge on any atom is 0.306 e. The van der Waals surface area contributed by atoms with E-state index in [-0.39, 0.29) is 12.3 Å². The van der Waals surface area contributed by atoms with E-state index in [4.69, 9.17) is 5.11 Å². The second-order valence-corrected chi connectivity index (χ2v) is 7.93. The molecule has 1 rings (SSSR count). The fourth-order valence-corrected chi connectivity index (χ4v) is 3.88. The number of rotatable bonds is 17. The Hall–Kier alpha value is -1.06. The number of aliphatic carboxylic acids is 2. The van der Waals surface area contributed by atoms with Gasteiger partial charge in [0.25, 0.3) is 0 Å². The highest BCUT2D eigenvalue weighted by atomic mass is 16.4. The van der Waals surface area contributed by atoms with Crippen LogP contribution in [0.15, 0.2) is 0 Å². The van der Waals surface area contributed by atoms with Crippen LogP contribution in [0.3, 0.4) is 0 Å². The molecule has 4 heteroatoms. The van der Waals surface area contributed by atoms with Crippen molar-refractivity contribution in [3.05, 3.63) is 0 Å². The average Bonchev–Trinajstić information content (AvgIpc) is 3.29. The van der Waals surface area contributed by atoms with Crippen molar-refractivity contribution >= 4 is 11.9 Å². The molecule has 1 fully saturated rings. The van der Waals surface area contributed by atoms with Gasteiger partial charge in [-0.15, -0.1) is 0 Å². The summed E-state index contributed by atoms with van der Waals surface area (Å²) in [5.74, 6) is -0.474. The monoisotopic (exact) mass is 354 g/mol. The van der Waals surface area contributed by atoms with E-state index in [2.05, 4.69) is 6.92 Å². The summed E-state index contributed by atoms with van der Waals surface area (Å²) in [6.07, 6.45) is 16.0. The Balaban J connectivity index is 2.03. The first-order valence-electron chi connectivity index (χ1n) is 10.5. The third-order valence-corrected chi connectivity index (χ3v) is 5.63. The van der Waals surface area contributed by atoms with E-state index in [0.29, 0.717) is 11.8 Å². The quantitative estimate of drug-likeness (QED) is 0.319. The predicted octanol–water partition coefficient (Wildman–Crippen LogP) is 5.89. The van der Waals surface area contributed by atoms with Crippen LogP contribution in [0, 0.1) is 17.8 Å². The van der Waals surface area contributed by atoms with Crippen LogP contribution < -0.4 is 0 Å². The summed E-state index contributed by atoms with van der Waals surface area (Å²) in [6.45, 7) is 2.23. The lowest BCUT2D eigenvalue weighted by Gasteiger charge is -2.12. The van der Waals surface area contributed by atoms with Crippen LogP contribution >= 0.6 is 0 Å². The molecule has 146 valence electrons. The molecule has 0 radical (unpaired) electrons. The van der Waals surface area contributed by atoms with Gasteiger partial charge in [-0.2, -0.15) is 0 Å². The van der Waals surface area contributed by atoms with Crippen molar-refractivity contribution in [3.8, 4) is 0 Å². The summed E-state index contributed by atoms with van der Waals surface area (Å²) in [5, 5.41) is 18.1. The lowest BCUT2D eigenvalue weighted by atomic mass is 9.94. The summed E-state index contributed by atoms with van der Waals surface area (Å²) in [5.41, 5.74) is 0. The third-order valence-electron chi connectivity index (χ3n) is 5.63. The molecule has 3 atom stereocenters. The number of hydrogen-bond donors (Lipinski definition) is 2. The van der Waals surface area contributed by atoms with Gasteiger partial charge in [-0.05, 0) is 43.9 Å². The van der Waals surface area contributed by atoms with E-state index in [1.807, 2.05) is 0 Å². The van der Waals surface area contributed by atoms with Crippen molar-refractivity contribution in [2.45, 2.75) is 103 Å². The van der Waals surface area contributed by atoms with Gasteiger partial charge in [-0.1, -0.05) is 64.7 Å². The minimum atomic E-state index is -0.731. The number of carboxylic acid groups (broad SMARTS) is 2. The summed E-state index contributed by atoms with van der Waals surface area (Å²) in [4.78, 5) is 22.0. The first kappa shape index (κ1) is 22.0. The summed E-state index contributed by atoms with van der Waals surface area (Å²) in [6, 6.07) is 0. The second kappa shape index (κ2) is 13.2. The number of carboxylic acids is 2. The Morgan fingerprint density at radius 2 is 1.48 bits per heavy atom. The molecule has 1 aliphatic rings. The molecule has 0 spiro atoms. The molecule has 0 aromatic carbocycles. The molecule has 0 bridgehead atoms. The number of carbonyl (C=O) groups is 2. The molecular formula is C21H38O4. The molecule has 1 aliphatic carbocycles. The van der Waals surface area contributed by atoms with E-state index in [1.54, 1.807) is 0 Å². The van der Waals surface area contributed by atoms with E-state index < -0.39 is 11.9 Å². The van der Waals surface area contributed by atoms with E-state index in [9.17, 15) is 14.7 Å². The van der Waals surface area contributed by atoms with Crippen LogP contribution in [0.1, 0.15) is 103 Å². The standard InChI is InChI=1S/C21H38O4/c1-2-3-4-5-6-7-8-9-10-12-18(21(24)25)16-19-15-17(19)13-11-14-20(22)23/h17-19H,2-16H2,1H3,(H,22,23)(H,24,25). The van der Waals surface area contributed by atoms with Crippen molar-refractivity contribution in [1.29, 1.82) is 0 Å². The average molecular weight is 355 g/mol. The minimum absolute atomic E-state index is 0.195.